The highest BCUT2D eigenvalue weighted by molar-refractivity contribution is 6.35. The van der Waals surface area contributed by atoms with Gasteiger partial charge in [0.05, 0.1) is 17.8 Å². The summed E-state index contributed by atoms with van der Waals surface area (Å²) < 4.78 is 26.8. The van der Waals surface area contributed by atoms with Crippen LogP contribution in [0.25, 0.3) is 11.3 Å². The number of nitrogens with zero attached hydrogens (tertiary/aromatic N) is 4. The fourth-order valence-electron chi connectivity index (χ4n) is 5.52. The molecular weight excluding hydrogens is 499 g/mol. The van der Waals surface area contributed by atoms with Gasteiger partial charge in [0.2, 0.25) is 5.91 Å². The molecule has 0 N–H and O–H groups in total. The van der Waals surface area contributed by atoms with Crippen molar-refractivity contribution in [3.63, 3.8) is 0 Å². The number of aromatic nitrogens is 1. The van der Waals surface area contributed by atoms with Gasteiger partial charge in [-0.3, -0.25) is 9.59 Å². The van der Waals surface area contributed by atoms with Crippen molar-refractivity contribution in [3.8, 4) is 17.0 Å². The van der Waals surface area contributed by atoms with Crippen LogP contribution < -0.4 is 9.64 Å². The molecule has 2 atom stereocenters. The zero-order chi connectivity index (χ0) is 26.5. The van der Waals surface area contributed by atoms with Crippen molar-refractivity contribution >= 4 is 29.2 Å². The van der Waals surface area contributed by atoms with E-state index < -0.39 is 11.4 Å². The molecule has 10 heteroatoms. The van der Waals surface area contributed by atoms with Gasteiger partial charge in [0.1, 0.15) is 28.8 Å². The number of pyridine rings is 1. The molecule has 8 nitrogen and oxygen atoms in total. The van der Waals surface area contributed by atoms with Gasteiger partial charge in [0.15, 0.2) is 5.75 Å². The van der Waals surface area contributed by atoms with Gasteiger partial charge in [-0.15, -0.1) is 0 Å². The van der Waals surface area contributed by atoms with Crippen LogP contribution in [0, 0.1) is 5.82 Å². The van der Waals surface area contributed by atoms with Crippen molar-refractivity contribution in [2.45, 2.75) is 38.0 Å². The minimum Gasteiger partial charge on any atom is -0.489 e. The Morgan fingerprint density at radius 3 is 2.73 bits per heavy atom. The molecule has 3 aliphatic heterocycles. The third-order valence-corrected chi connectivity index (χ3v) is 7.85. The summed E-state index contributed by atoms with van der Waals surface area (Å²) in [5.74, 6) is -0.376. The number of hydrogen-bond acceptors (Lipinski definition) is 6. The van der Waals surface area contributed by atoms with Crippen molar-refractivity contribution in [3.05, 3.63) is 53.3 Å². The summed E-state index contributed by atoms with van der Waals surface area (Å²) >= 11 is 6.83. The molecule has 1 aromatic carbocycles. The van der Waals surface area contributed by atoms with Gasteiger partial charge < -0.3 is 24.2 Å². The van der Waals surface area contributed by atoms with Crippen molar-refractivity contribution in [2.24, 2.45) is 0 Å². The first-order chi connectivity index (χ1) is 17.7. The van der Waals surface area contributed by atoms with Gasteiger partial charge in [-0.1, -0.05) is 30.3 Å². The summed E-state index contributed by atoms with van der Waals surface area (Å²) in [6, 6.07) is 5.87. The van der Waals surface area contributed by atoms with E-state index in [9.17, 15) is 14.0 Å². The molecule has 196 valence electrons. The summed E-state index contributed by atoms with van der Waals surface area (Å²) in [5.41, 5.74) is 0.280. The van der Waals surface area contributed by atoms with Gasteiger partial charge in [0.25, 0.3) is 5.91 Å². The lowest BCUT2D eigenvalue weighted by Gasteiger charge is -2.40. The lowest BCUT2D eigenvalue weighted by atomic mass is 10.00. The van der Waals surface area contributed by atoms with Gasteiger partial charge in [0, 0.05) is 44.4 Å². The maximum atomic E-state index is 14.9. The lowest BCUT2D eigenvalue weighted by Crippen LogP contribution is -2.57. The Bertz CT molecular complexity index is 1270. The van der Waals surface area contributed by atoms with E-state index in [0.717, 1.165) is 6.42 Å². The number of piperazine rings is 1. The molecule has 3 aliphatic rings. The van der Waals surface area contributed by atoms with E-state index in [-0.39, 0.29) is 58.2 Å². The topological polar surface area (TPSA) is 75.2 Å². The normalized spacial score (nSPS) is 22.7. The van der Waals surface area contributed by atoms with Crippen LogP contribution in [0.3, 0.4) is 0 Å². The molecule has 0 bridgehead atoms. The number of anilines is 1. The maximum Gasteiger partial charge on any atom is 0.261 e. The molecule has 37 heavy (non-hydrogen) atoms. The Hall–Kier alpha value is -3.17. The van der Waals surface area contributed by atoms with E-state index in [1.807, 2.05) is 4.90 Å². The SMILES string of the molecule is C=CC(=O)N1CCN2C(=O)c3c(N4CC(OC)CC4(C)C)nc(-c4ccccc4F)c(Cl)c3OC[C@H]2C1. The summed E-state index contributed by atoms with van der Waals surface area (Å²) in [6.07, 6.45) is 1.92. The quantitative estimate of drug-likeness (QED) is 0.562. The van der Waals surface area contributed by atoms with E-state index >= 15 is 0 Å². The first-order valence-corrected chi connectivity index (χ1v) is 12.7. The van der Waals surface area contributed by atoms with Gasteiger partial charge in [-0.25, -0.2) is 9.37 Å². The number of carbonyl (C=O) groups is 2. The number of halogens is 2. The average Bonchev–Trinajstić information content (AvgIpc) is 3.12. The fraction of sp³-hybridized carbons (Fsp3) is 0.444. The minimum atomic E-state index is -0.478. The van der Waals surface area contributed by atoms with E-state index in [1.165, 1.54) is 12.1 Å². The Morgan fingerprint density at radius 2 is 2.05 bits per heavy atom. The first-order valence-electron chi connectivity index (χ1n) is 12.3. The molecule has 2 amide bonds. The highest BCUT2D eigenvalue weighted by Gasteiger charge is 2.45. The van der Waals surface area contributed by atoms with Crippen LogP contribution in [0.4, 0.5) is 10.2 Å². The van der Waals surface area contributed by atoms with Gasteiger partial charge >= 0.3 is 0 Å². The molecule has 4 heterocycles. The fourth-order valence-corrected chi connectivity index (χ4v) is 5.81. The van der Waals surface area contributed by atoms with Crippen LogP contribution in [-0.4, -0.2) is 84.2 Å². The minimum absolute atomic E-state index is 0.0666. The Kier molecular flexibility index (Phi) is 6.62. The summed E-state index contributed by atoms with van der Waals surface area (Å²) in [4.78, 5) is 36.6. The smallest absolute Gasteiger partial charge is 0.261 e. The zero-order valence-corrected chi connectivity index (χ0v) is 21.9. The summed E-state index contributed by atoms with van der Waals surface area (Å²) in [7, 11) is 1.66. The second-order valence-electron chi connectivity index (χ2n) is 10.2. The third kappa shape index (κ3) is 4.34. The first kappa shape index (κ1) is 25.5. The monoisotopic (exact) mass is 528 g/mol. The molecule has 2 saturated heterocycles. The van der Waals surface area contributed by atoms with E-state index in [0.29, 0.717) is 32.0 Å². The number of benzene rings is 1. The highest BCUT2D eigenvalue weighted by atomic mass is 35.5. The Balaban J connectivity index is 1.67. The van der Waals surface area contributed by atoms with Crippen LogP contribution in [0.1, 0.15) is 30.6 Å². The zero-order valence-electron chi connectivity index (χ0n) is 21.2. The van der Waals surface area contributed by atoms with Crippen LogP contribution >= 0.6 is 11.6 Å². The molecule has 0 saturated carbocycles. The standard InChI is InChI=1S/C27H30ClFN4O4/c1-5-20(34)31-10-11-32-16(13-31)15-37-24-21(26(32)35)25(33-14-17(36-4)12-27(33,2)3)30-23(22(24)28)18-8-6-7-9-19(18)29/h5-9,16-17H,1,10-15H2,2-4H3/t16-,17?/m1/s1. The van der Waals surface area contributed by atoms with Gasteiger partial charge in [-0.2, -0.15) is 0 Å². The summed E-state index contributed by atoms with van der Waals surface area (Å²) in [6.45, 7) is 9.34. The predicted molar refractivity (Wildman–Crippen MR) is 139 cm³/mol. The number of fused-ring (bicyclic) bond motifs is 2. The maximum absolute atomic E-state index is 14.9. The molecule has 2 fully saturated rings. The second kappa shape index (κ2) is 9.61. The van der Waals surface area contributed by atoms with Crippen molar-refractivity contribution in [1.29, 1.82) is 0 Å². The lowest BCUT2D eigenvalue weighted by molar-refractivity contribution is -0.128. The molecule has 1 aromatic heterocycles. The number of methoxy groups -OCH3 is 1. The molecule has 0 radical (unpaired) electrons. The van der Waals surface area contributed by atoms with E-state index in [2.05, 4.69) is 20.4 Å². The van der Waals surface area contributed by atoms with Crippen molar-refractivity contribution < 1.29 is 23.5 Å². The molecule has 2 aromatic rings. The van der Waals surface area contributed by atoms with Crippen molar-refractivity contribution in [2.75, 3.05) is 44.8 Å². The number of hydrogen-bond donors (Lipinski definition) is 0. The predicted octanol–water partition coefficient (Wildman–Crippen LogP) is 3.78. The average molecular weight is 529 g/mol. The largest absolute Gasteiger partial charge is 0.489 e. The number of carbonyl (C=O) groups excluding carboxylic acids is 2. The van der Waals surface area contributed by atoms with Gasteiger partial charge in [-0.05, 0) is 38.5 Å². The number of rotatable bonds is 4. The van der Waals surface area contributed by atoms with Crippen molar-refractivity contribution in [1.82, 2.24) is 14.8 Å². The molecule has 5 rings (SSSR count). The van der Waals surface area contributed by atoms with Crippen LogP contribution in [-0.2, 0) is 9.53 Å². The number of amides is 2. The number of ether oxygens (including phenoxy) is 2. The third-order valence-electron chi connectivity index (χ3n) is 7.50. The Labute approximate surface area is 220 Å². The Morgan fingerprint density at radius 1 is 1.30 bits per heavy atom. The van der Waals surface area contributed by atoms with E-state index in [4.69, 9.17) is 26.1 Å². The molecular formula is C27H30ClFN4O4. The molecule has 0 spiro atoms. The summed E-state index contributed by atoms with van der Waals surface area (Å²) in [5, 5.41) is 0.0800. The van der Waals surface area contributed by atoms with Crippen LogP contribution in [0.5, 0.6) is 5.75 Å². The van der Waals surface area contributed by atoms with Crippen LogP contribution in [0.15, 0.2) is 36.9 Å². The molecule has 0 aliphatic carbocycles. The molecule has 1 unspecified atom stereocenters. The van der Waals surface area contributed by atoms with E-state index in [1.54, 1.807) is 35.1 Å². The second-order valence-corrected chi connectivity index (χ2v) is 10.6. The highest BCUT2D eigenvalue weighted by Crippen LogP contribution is 2.46. The van der Waals surface area contributed by atoms with Crippen LogP contribution in [0.2, 0.25) is 5.02 Å².